The van der Waals surface area contributed by atoms with Crippen molar-refractivity contribution in [1.82, 2.24) is 0 Å². The average molecular weight is 266 g/mol. The fourth-order valence-electron chi connectivity index (χ4n) is 4.06. The Morgan fingerprint density at radius 1 is 1.15 bits per heavy atom. The highest BCUT2D eigenvalue weighted by Gasteiger charge is 2.49. The molecule has 2 N–H and O–H groups in total. The monoisotopic (exact) mass is 266 g/mol. The number of nitrogens with two attached hydrogens (primary N) is 1. The number of methoxy groups -OCH3 is 1. The highest BCUT2D eigenvalue weighted by atomic mass is 16.5. The highest BCUT2D eigenvalue weighted by Crippen LogP contribution is 2.43. The first kappa shape index (κ1) is 12.0. The fraction of sp³-hybridized carbons (Fsp3) is 0.333. The van der Waals surface area contributed by atoms with Gasteiger partial charge in [0.15, 0.2) is 0 Å². The fourth-order valence-corrected chi connectivity index (χ4v) is 4.06. The van der Waals surface area contributed by atoms with Gasteiger partial charge in [0.05, 0.1) is 7.11 Å². The van der Waals surface area contributed by atoms with Crippen LogP contribution in [0.3, 0.4) is 0 Å². The molecule has 2 heterocycles. The van der Waals surface area contributed by atoms with Gasteiger partial charge in [0, 0.05) is 23.1 Å². The Bertz CT molecular complexity index is 707. The molecule has 0 amide bonds. The molecule has 0 saturated heterocycles. The zero-order valence-electron chi connectivity index (χ0n) is 12.2. The molecule has 2 nitrogen and oxygen atoms in total. The molecule has 0 spiro atoms. The van der Waals surface area contributed by atoms with Gasteiger partial charge in [0.25, 0.3) is 0 Å². The molecule has 20 heavy (non-hydrogen) atoms. The van der Waals surface area contributed by atoms with Crippen LogP contribution in [0.4, 0.5) is 0 Å². The van der Waals surface area contributed by atoms with Crippen LogP contribution in [0.25, 0.3) is 0 Å². The number of rotatable bonds is 1. The van der Waals surface area contributed by atoms with E-state index in [9.17, 15) is 0 Å². The van der Waals surface area contributed by atoms with Crippen LogP contribution in [0.15, 0.2) is 36.4 Å². The molecule has 2 heteroatoms. The van der Waals surface area contributed by atoms with Crippen molar-refractivity contribution in [1.29, 1.82) is 0 Å². The zero-order valence-corrected chi connectivity index (χ0v) is 12.2. The summed E-state index contributed by atoms with van der Waals surface area (Å²) in [7, 11) is 1.74. The molecular formula is C18H20NO+. The van der Waals surface area contributed by atoms with Crippen LogP contribution >= 0.6 is 0 Å². The Kier molecular flexibility index (Phi) is 2.31. The van der Waals surface area contributed by atoms with Gasteiger partial charge >= 0.3 is 0 Å². The van der Waals surface area contributed by atoms with E-state index in [1.54, 1.807) is 7.11 Å². The van der Waals surface area contributed by atoms with Crippen LogP contribution in [0.2, 0.25) is 0 Å². The molecule has 0 saturated carbocycles. The van der Waals surface area contributed by atoms with Crippen molar-refractivity contribution in [2.75, 3.05) is 7.11 Å². The van der Waals surface area contributed by atoms with Crippen molar-refractivity contribution < 1.29 is 10.1 Å². The summed E-state index contributed by atoms with van der Waals surface area (Å²) in [5.74, 6) is 0.967. The van der Waals surface area contributed by atoms with Crippen LogP contribution < -0.4 is 10.1 Å². The molecule has 0 aliphatic carbocycles. The quantitative estimate of drug-likeness (QED) is 0.843. The van der Waals surface area contributed by atoms with Gasteiger partial charge in [-0.1, -0.05) is 17.7 Å². The van der Waals surface area contributed by atoms with Crippen molar-refractivity contribution in [2.45, 2.75) is 31.8 Å². The lowest BCUT2D eigenvalue weighted by molar-refractivity contribution is -0.752. The molecule has 4 rings (SSSR count). The minimum absolute atomic E-state index is 0.0631. The standard InChI is InChI=1S/C18H19NO/c1-11-4-6-16-14(8-11)17-10-12-9-13(20-3)5-7-15(12)18(16,2)19-17/h4-9,17,19H,10H2,1-3H3/p+1/t17-,18+/m1/s1. The van der Waals surface area contributed by atoms with Gasteiger partial charge in [-0.2, -0.15) is 0 Å². The molecule has 0 aromatic heterocycles. The first-order valence-electron chi connectivity index (χ1n) is 7.26. The Balaban J connectivity index is 1.95. The van der Waals surface area contributed by atoms with Gasteiger partial charge in [0.2, 0.25) is 0 Å². The van der Waals surface area contributed by atoms with Crippen LogP contribution in [0.1, 0.15) is 40.8 Å². The van der Waals surface area contributed by atoms with Crippen LogP contribution in [-0.4, -0.2) is 7.11 Å². The predicted molar refractivity (Wildman–Crippen MR) is 79.0 cm³/mol. The maximum absolute atomic E-state index is 5.39. The number of ether oxygens (including phenoxy) is 1. The smallest absolute Gasteiger partial charge is 0.146 e. The summed E-state index contributed by atoms with van der Waals surface area (Å²) in [6.07, 6.45) is 1.10. The second-order valence-electron chi connectivity index (χ2n) is 6.29. The van der Waals surface area contributed by atoms with E-state index in [0.717, 1.165) is 12.2 Å². The van der Waals surface area contributed by atoms with E-state index in [1.165, 1.54) is 27.8 Å². The number of benzene rings is 2. The molecule has 0 unspecified atom stereocenters. The summed E-state index contributed by atoms with van der Waals surface area (Å²) in [4.78, 5) is 0. The second kappa shape index (κ2) is 3.86. The van der Waals surface area contributed by atoms with E-state index in [4.69, 9.17) is 4.74 Å². The Labute approximate surface area is 119 Å². The lowest BCUT2D eigenvalue weighted by atomic mass is 9.82. The molecular weight excluding hydrogens is 246 g/mol. The maximum Gasteiger partial charge on any atom is 0.146 e. The maximum atomic E-state index is 5.39. The summed E-state index contributed by atoms with van der Waals surface area (Å²) in [6, 6.07) is 14.0. The van der Waals surface area contributed by atoms with Gasteiger partial charge in [-0.15, -0.1) is 0 Å². The van der Waals surface area contributed by atoms with E-state index in [-0.39, 0.29) is 5.54 Å². The number of hydrogen-bond donors (Lipinski definition) is 1. The molecule has 2 aromatic rings. The number of fused-ring (bicyclic) bond motifs is 7. The number of hydrogen-bond acceptors (Lipinski definition) is 1. The SMILES string of the molecule is COc1ccc2c(c1)C[C@H]1[NH2+][C@]2(C)c2ccc(C)cc21. The molecule has 2 aliphatic rings. The first-order valence-corrected chi connectivity index (χ1v) is 7.26. The van der Waals surface area contributed by atoms with E-state index >= 15 is 0 Å². The summed E-state index contributed by atoms with van der Waals surface area (Å²) in [5.41, 5.74) is 7.30. The van der Waals surface area contributed by atoms with Gasteiger partial charge < -0.3 is 10.1 Å². The zero-order chi connectivity index (χ0) is 13.9. The van der Waals surface area contributed by atoms with Gasteiger partial charge in [0.1, 0.15) is 17.3 Å². The first-order chi connectivity index (χ1) is 9.61. The van der Waals surface area contributed by atoms with E-state index in [0.29, 0.717) is 6.04 Å². The Hall–Kier alpha value is -1.80. The van der Waals surface area contributed by atoms with E-state index < -0.39 is 0 Å². The largest absolute Gasteiger partial charge is 0.497 e. The third-order valence-corrected chi connectivity index (χ3v) is 5.01. The summed E-state index contributed by atoms with van der Waals surface area (Å²) < 4.78 is 5.39. The van der Waals surface area contributed by atoms with Crippen LogP contribution in [0.5, 0.6) is 5.75 Å². The minimum atomic E-state index is 0.0631. The van der Waals surface area contributed by atoms with Crippen molar-refractivity contribution in [3.8, 4) is 5.75 Å². The van der Waals surface area contributed by atoms with Gasteiger partial charge in [-0.3, -0.25) is 0 Å². The van der Waals surface area contributed by atoms with Crippen LogP contribution in [0, 0.1) is 6.92 Å². The lowest BCUT2D eigenvalue weighted by Gasteiger charge is -2.31. The molecule has 0 radical (unpaired) electrons. The Morgan fingerprint density at radius 3 is 2.75 bits per heavy atom. The normalized spacial score (nSPS) is 26.1. The van der Waals surface area contributed by atoms with Crippen molar-refractivity contribution in [3.63, 3.8) is 0 Å². The molecule has 2 bridgehead atoms. The topological polar surface area (TPSA) is 25.8 Å². The van der Waals surface area contributed by atoms with E-state index in [2.05, 4.69) is 55.6 Å². The van der Waals surface area contributed by atoms with E-state index in [1.807, 2.05) is 0 Å². The van der Waals surface area contributed by atoms with Crippen molar-refractivity contribution in [3.05, 3.63) is 64.2 Å². The summed E-state index contributed by atoms with van der Waals surface area (Å²) in [6.45, 7) is 4.53. The van der Waals surface area contributed by atoms with Gasteiger partial charge in [-0.05, 0) is 43.7 Å². The number of aryl methyl sites for hydroxylation is 1. The molecule has 2 aliphatic heterocycles. The highest BCUT2D eigenvalue weighted by molar-refractivity contribution is 5.52. The third kappa shape index (κ3) is 1.43. The van der Waals surface area contributed by atoms with Crippen molar-refractivity contribution in [2.24, 2.45) is 0 Å². The molecule has 102 valence electrons. The number of quaternary nitrogens is 1. The second-order valence-corrected chi connectivity index (χ2v) is 6.29. The lowest BCUT2D eigenvalue weighted by Crippen LogP contribution is -2.93. The molecule has 0 fully saturated rings. The molecule has 2 aromatic carbocycles. The third-order valence-electron chi connectivity index (χ3n) is 5.01. The van der Waals surface area contributed by atoms with Crippen LogP contribution in [-0.2, 0) is 12.0 Å². The predicted octanol–water partition coefficient (Wildman–Crippen LogP) is 2.44. The van der Waals surface area contributed by atoms with Gasteiger partial charge in [-0.25, -0.2) is 0 Å². The van der Waals surface area contributed by atoms with Crippen molar-refractivity contribution >= 4 is 0 Å². The minimum Gasteiger partial charge on any atom is -0.497 e. The Morgan fingerprint density at radius 2 is 1.95 bits per heavy atom. The summed E-state index contributed by atoms with van der Waals surface area (Å²) >= 11 is 0. The summed E-state index contributed by atoms with van der Waals surface area (Å²) in [5, 5.41) is 2.53. The molecule has 2 atom stereocenters. The average Bonchev–Trinajstić information content (AvgIpc) is 2.67.